The average molecular weight is 479 g/mol. The standard InChI is InChI=1S/C29H30N6O/c36-29(35-20-14-32(15-21-35)23-8-2-1-3-9-23)26-22-31-28(25-11-5-4-10-24(25)26)34-18-16-33(17-19-34)27-12-6-7-13-30-27/h1-13,22H,14-21H2. The molecule has 0 unspecified atom stereocenters. The summed E-state index contributed by atoms with van der Waals surface area (Å²) in [4.78, 5) is 31.9. The molecular weight excluding hydrogens is 448 g/mol. The Kier molecular flexibility index (Phi) is 6.11. The third-order valence-electron chi connectivity index (χ3n) is 7.25. The summed E-state index contributed by atoms with van der Waals surface area (Å²) in [6.07, 6.45) is 3.63. The lowest BCUT2D eigenvalue weighted by molar-refractivity contribution is 0.0748. The van der Waals surface area contributed by atoms with Gasteiger partial charge in [-0.1, -0.05) is 48.5 Å². The zero-order chi connectivity index (χ0) is 24.3. The molecule has 6 rings (SSSR count). The molecule has 2 saturated heterocycles. The number of hydrogen-bond acceptors (Lipinski definition) is 6. The fourth-order valence-electron chi connectivity index (χ4n) is 5.27. The second-order valence-corrected chi connectivity index (χ2v) is 9.32. The third-order valence-corrected chi connectivity index (χ3v) is 7.25. The van der Waals surface area contributed by atoms with Gasteiger partial charge in [0.25, 0.3) is 5.91 Å². The van der Waals surface area contributed by atoms with Crippen LogP contribution in [0.5, 0.6) is 0 Å². The Hall–Kier alpha value is -4.13. The van der Waals surface area contributed by atoms with E-state index in [9.17, 15) is 4.79 Å². The van der Waals surface area contributed by atoms with Crippen molar-refractivity contribution in [2.24, 2.45) is 0 Å². The minimum absolute atomic E-state index is 0.0675. The van der Waals surface area contributed by atoms with E-state index in [0.717, 1.165) is 61.7 Å². The van der Waals surface area contributed by atoms with Crippen LogP contribution in [0.1, 0.15) is 10.4 Å². The highest BCUT2D eigenvalue weighted by Gasteiger charge is 2.26. The quantitative estimate of drug-likeness (QED) is 0.443. The van der Waals surface area contributed by atoms with E-state index in [1.54, 1.807) is 6.20 Å². The average Bonchev–Trinajstić information content (AvgIpc) is 2.97. The largest absolute Gasteiger partial charge is 0.368 e. The van der Waals surface area contributed by atoms with Crippen LogP contribution in [0.4, 0.5) is 17.3 Å². The van der Waals surface area contributed by atoms with Crippen LogP contribution < -0.4 is 14.7 Å². The predicted molar refractivity (Wildman–Crippen MR) is 145 cm³/mol. The number of rotatable bonds is 4. The lowest BCUT2D eigenvalue weighted by Gasteiger charge is -2.37. The molecule has 4 heterocycles. The molecule has 2 fully saturated rings. The Morgan fingerprint density at radius 1 is 0.611 bits per heavy atom. The van der Waals surface area contributed by atoms with Crippen molar-refractivity contribution in [2.75, 3.05) is 67.1 Å². The van der Waals surface area contributed by atoms with E-state index < -0.39 is 0 Å². The number of fused-ring (bicyclic) bond motifs is 1. The maximum Gasteiger partial charge on any atom is 0.256 e. The van der Waals surface area contributed by atoms with Gasteiger partial charge in [-0.2, -0.15) is 0 Å². The molecule has 2 aliphatic rings. The molecular formula is C29H30N6O. The van der Waals surface area contributed by atoms with Gasteiger partial charge in [0, 0.05) is 75.8 Å². The smallest absolute Gasteiger partial charge is 0.256 e. The lowest BCUT2D eigenvalue weighted by atomic mass is 10.0. The van der Waals surface area contributed by atoms with Gasteiger partial charge in [0.2, 0.25) is 0 Å². The molecule has 2 aromatic carbocycles. The van der Waals surface area contributed by atoms with E-state index in [2.05, 4.69) is 62.1 Å². The summed E-state index contributed by atoms with van der Waals surface area (Å²) in [6, 6.07) is 24.6. The Morgan fingerprint density at radius 3 is 1.97 bits per heavy atom. The zero-order valence-electron chi connectivity index (χ0n) is 20.3. The van der Waals surface area contributed by atoms with E-state index in [1.807, 2.05) is 41.4 Å². The monoisotopic (exact) mass is 478 g/mol. The van der Waals surface area contributed by atoms with Crippen LogP contribution in [0, 0.1) is 0 Å². The number of carbonyl (C=O) groups excluding carboxylic acids is 1. The maximum atomic E-state index is 13.6. The normalized spacial score (nSPS) is 16.4. The maximum absolute atomic E-state index is 13.6. The van der Waals surface area contributed by atoms with Crippen LogP contribution in [0.2, 0.25) is 0 Å². The van der Waals surface area contributed by atoms with Crippen LogP contribution in [0.15, 0.2) is 85.2 Å². The summed E-state index contributed by atoms with van der Waals surface area (Å²) >= 11 is 0. The highest BCUT2D eigenvalue weighted by atomic mass is 16.2. The molecule has 7 heteroatoms. The van der Waals surface area contributed by atoms with Gasteiger partial charge in [-0.15, -0.1) is 0 Å². The van der Waals surface area contributed by atoms with Gasteiger partial charge in [-0.3, -0.25) is 4.79 Å². The predicted octanol–water partition coefficient (Wildman–Crippen LogP) is 3.92. The van der Waals surface area contributed by atoms with Crippen molar-refractivity contribution >= 4 is 34.0 Å². The molecule has 0 spiro atoms. The van der Waals surface area contributed by atoms with Gasteiger partial charge < -0.3 is 19.6 Å². The summed E-state index contributed by atoms with van der Waals surface area (Å²) in [5.41, 5.74) is 1.90. The topological polar surface area (TPSA) is 55.8 Å². The number of hydrogen-bond donors (Lipinski definition) is 0. The Balaban J connectivity index is 1.19. The number of para-hydroxylation sites is 1. The van der Waals surface area contributed by atoms with E-state index in [-0.39, 0.29) is 5.91 Å². The Morgan fingerprint density at radius 2 is 1.25 bits per heavy atom. The van der Waals surface area contributed by atoms with E-state index in [1.165, 1.54) is 5.69 Å². The van der Waals surface area contributed by atoms with Gasteiger partial charge in [-0.25, -0.2) is 9.97 Å². The molecule has 1 amide bonds. The molecule has 7 nitrogen and oxygen atoms in total. The number of nitrogens with zero attached hydrogens (tertiary/aromatic N) is 6. The first kappa shape index (κ1) is 22.3. The van der Waals surface area contributed by atoms with E-state index in [0.29, 0.717) is 18.7 Å². The molecule has 36 heavy (non-hydrogen) atoms. The van der Waals surface area contributed by atoms with Gasteiger partial charge in [0.1, 0.15) is 11.6 Å². The minimum Gasteiger partial charge on any atom is -0.368 e. The second kappa shape index (κ2) is 9.85. The van der Waals surface area contributed by atoms with E-state index in [4.69, 9.17) is 4.98 Å². The summed E-state index contributed by atoms with van der Waals surface area (Å²) in [5, 5.41) is 2.02. The molecule has 0 saturated carbocycles. The highest BCUT2D eigenvalue weighted by molar-refractivity contribution is 6.09. The number of aromatic nitrogens is 2. The molecule has 0 N–H and O–H groups in total. The first-order valence-electron chi connectivity index (χ1n) is 12.7. The number of anilines is 3. The Labute approximate surface area is 211 Å². The molecule has 2 aliphatic heterocycles. The minimum atomic E-state index is 0.0675. The highest BCUT2D eigenvalue weighted by Crippen LogP contribution is 2.29. The van der Waals surface area contributed by atoms with Crippen LogP contribution in [-0.4, -0.2) is 73.1 Å². The molecule has 182 valence electrons. The van der Waals surface area contributed by atoms with Crippen molar-refractivity contribution in [3.63, 3.8) is 0 Å². The summed E-state index contributed by atoms with van der Waals surface area (Å²) < 4.78 is 0. The molecule has 0 bridgehead atoms. The zero-order valence-corrected chi connectivity index (χ0v) is 20.3. The number of piperazine rings is 2. The van der Waals surface area contributed by atoms with Gasteiger partial charge >= 0.3 is 0 Å². The van der Waals surface area contributed by atoms with Crippen molar-refractivity contribution in [1.29, 1.82) is 0 Å². The first-order valence-corrected chi connectivity index (χ1v) is 12.7. The molecule has 0 atom stereocenters. The fourth-order valence-corrected chi connectivity index (χ4v) is 5.27. The first-order chi connectivity index (χ1) is 17.8. The van der Waals surface area contributed by atoms with Crippen LogP contribution in [-0.2, 0) is 0 Å². The lowest BCUT2D eigenvalue weighted by Crippen LogP contribution is -2.49. The number of carbonyl (C=O) groups is 1. The summed E-state index contributed by atoms with van der Waals surface area (Å²) in [6.45, 7) is 6.58. The Bertz CT molecular complexity index is 1330. The molecule has 0 radical (unpaired) electrons. The van der Waals surface area contributed by atoms with Crippen molar-refractivity contribution in [2.45, 2.75) is 0 Å². The molecule has 2 aromatic heterocycles. The van der Waals surface area contributed by atoms with Gasteiger partial charge in [0.15, 0.2) is 0 Å². The van der Waals surface area contributed by atoms with Crippen LogP contribution >= 0.6 is 0 Å². The number of benzene rings is 2. The molecule has 0 aliphatic carbocycles. The third kappa shape index (κ3) is 4.33. The molecule has 4 aromatic rings. The van der Waals surface area contributed by atoms with Crippen LogP contribution in [0.25, 0.3) is 10.8 Å². The van der Waals surface area contributed by atoms with Gasteiger partial charge in [0.05, 0.1) is 5.56 Å². The van der Waals surface area contributed by atoms with Crippen molar-refractivity contribution in [3.05, 3.63) is 90.8 Å². The fraction of sp³-hybridized carbons (Fsp3) is 0.276. The van der Waals surface area contributed by atoms with Crippen molar-refractivity contribution in [3.8, 4) is 0 Å². The van der Waals surface area contributed by atoms with Crippen molar-refractivity contribution < 1.29 is 4.79 Å². The number of amides is 1. The summed E-state index contributed by atoms with van der Waals surface area (Å²) in [5.74, 6) is 2.04. The second-order valence-electron chi connectivity index (χ2n) is 9.32. The van der Waals surface area contributed by atoms with Crippen LogP contribution in [0.3, 0.4) is 0 Å². The number of pyridine rings is 2. The van der Waals surface area contributed by atoms with E-state index >= 15 is 0 Å². The van der Waals surface area contributed by atoms with Crippen molar-refractivity contribution in [1.82, 2.24) is 14.9 Å². The SMILES string of the molecule is O=C(c1cnc(N2CCN(c3ccccn3)CC2)c2ccccc12)N1CCN(c2ccccc2)CC1. The summed E-state index contributed by atoms with van der Waals surface area (Å²) in [7, 11) is 0. The van der Waals surface area contributed by atoms with Gasteiger partial charge in [-0.05, 0) is 29.7 Å².